The third-order valence-corrected chi connectivity index (χ3v) is 7.56. The van der Waals surface area contributed by atoms with Gasteiger partial charge in [-0.3, -0.25) is 9.69 Å². The Morgan fingerprint density at radius 1 is 1.14 bits per heavy atom. The second-order valence-electron chi connectivity index (χ2n) is 8.41. The van der Waals surface area contributed by atoms with E-state index in [9.17, 15) is 9.59 Å². The standard InChI is InChI=1S/C28H21FN2O4S2/c1-35-23-9-4-17(14-21(23)19-7-8-22-20(25(19)29)10-12-30-22)15-24-26(32)31(28(36)37-24)13-11-16-2-5-18(6-3-16)27(33)34/h2-10,12,14-15,30H,11,13H2,1H3,(H,33,34)/b24-15-. The van der Waals surface area contributed by atoms with Crippen LogP contribution in [0.4, 0.5) is 4.39 Å². The summed E-state index contributed by atoms with van der Waals surface area (Å²) in [6.07, 6.45) is 3.97. The number of halogens is 1. The number of carboxylic acids is 1. The molecule has 6 nitrogen and oxygen atoms in total. The SMILES string of the molecule is COc1ccc(/C=C2\SC(=S)N(CCc3ccc(C(=O)O)cc3)C2=O)cc1-c1ccc2[nH]ccc2c1F. The molecule has 37 heavy (non-hydrogen) atoms. The van der Waals surface area contributed by atoms with E-state index in [-0.39, 0.29) is 17.3 Å². The number of fused-ring (bicyclic) bond motifs is 1. The monoisotopic (exact) mass is 532 g/mol. The number of hydrogen-bond acceptors (Lipinski definition) is 5. The number of amides is 1. The third-order valence-electron chi connectivity index (χ3n) is 6.18. The van der Waals surface area contributed by atoms with Crippen LogP contribution in [0.1, 0.15) is 21.5 Å². The van der Waals surface area contributed by atoms with E-state index in [1.165, 1.54) is 18.9 Å². The van der Waals surface area contributed by atoms with Gasteiger partial charge in [0.2, 0.25) is 0 Å². The lowest BCUT2D eigenvalue weighted by Crippen LogP contribution is -2.30. The highest BCUT2D eigenvalue weighted by Gasteiger charge is 2.31. The van der Waals surface area contributed by atoms with E-state index in [1.54, 1.807) is 65.7 Å². The highest BCUT2D eigenvalue weighted by Crippen LogP contribution is 2.37. The molecule has 3 aromatic carbocycles. The Balaban J connectivity index is 1.38. The molecule has 2 N–H and O–H groups in total. The highest BCUT2D eigenvalue weighted by atomic mass is 32.2. The zero-order chi connectivity index (χ0) is 26.1. The summed E-state index contributed by atoms with van der Waals surface area (Å²) >= 11 is 6.67. The summed E-state index contributed by atoms with van der Waals surface area (Å²) in [6, 6.07) is 17.1. The first-order chi connectivity index (χ1) is 17.9. The van der Waals surface area contributed by atoms with Crippen LogP contribution in [0.15, 0.2) is 71.8 Å². The number of carboxylic acid groups (broad SMARTS) is 1. The van der Waals surface area contributed by atoms with Crippen molar-refractivity contribution >= 4 is 57.2 Å². The lowest BCUT2D eigenvalue weighted by molar-refractivity contribution is -0.122. The van der Waals surface area contributed by atoms with Crippen molar-refractivity contribution in [2.75, 3.05) is 13.7 Å². The number of thiocarbonyl (C=S) groups is 1. The molecule has 1 aromatic heterocycles. The molecule has 0 bridgehead atoms. The number of nitrogens with zero attached hydrogens (tertiary/aromatic N) is 1. The average Bonchev–Trinajstić information content (AvgIpc) is 3.48. The molecule has 1 amide bonds. The largest absolute Gasteiger partial charge is 0.496 e. The lowest BCUT2D eigenvalue weighted by atomic mass is 9.99. The number of benzene rings is 3. The van der Waals surface area contributed by atoms with E-state index >= 15 is 4.39 Å². The fraction of sp³-hybridized carbons (Fsp3) is 0.107. The van der Waals surface area contributed by atoms with Gasteiger partial charge in [0.25, 0.3) is 5.91 Å². The fourth-order valence-electron chi connectivity index (χ4n) is 4.23. The summed E-state index contributed by atoms with van der Waals surface area (Å²) in [6.45, 7) is 0.379. The van der Waals surface area contributed by atoms with Crippen LogP contribution in [0, 0.1) is 5.82 Å². The second-order valence-corrected chi connectivity index (χ2v) is 10.1. The maximum Gasteiger partial charge on any atom is 0.335 e. The molecule has 1 aliphatic rings. The van der Waals surface area contributed by atoms with Crippen LogP contribution < -0.4 is 4.74 Å². The van der Waals surface area contributed by atoms with E-state index in [2.05, 4.69) is 4.98 Å². The number of methoxy groups -OCH3 is 1. The maximum atomic E-state index is 15.3. The molecule has 0 radical (unpaired) electrons. The summed E-state index contributed by atoms with van der Waals surface area (Å²) in [7, 11) is 1.53. The highest BCUT2D eigenvalue weighted by molar-refractivity contribution is 8.26. The number of aromatic nitrogens is 1. The van der Waals surface area contributed by atoms with Crippen molar-refractivity contribution in [1.82, 2.24) is 9.88 Å². The molecule has 1 aliphatic heterocycles. The van der Waals surface area contributed by atoms with Gasteiger partial charge >= 0.3 is 5.97 Å². The first-order valence-corrected chi connectivity index (χ1v) is 12.6. The van der Waals surface area contributed by atoms with Crippen LogP contribution in [-0.4, -0.2) is 44.8 Å². The van der Waals surface area contributed by atoms with Gasteiger partial charge < -0.3 is 14.8 Å². The zero-order valence-corrected chi connectivity index (χ0v) is 21.3. The first-order valence-electron chi connectivity index (χ1n) is 11.4. The summed E-state index contributed by atoms with van der Waals surface area (Å²) < 4.78 is 21.2. The molecule has 4 aromatic rings. The predicted octanol–water partition coefficient (Wildman–Crippen LogP) is 6.12. The number of aromatic amines is 1. The van der Waals surface area contributed by atoms with Crippen LogP contribution in [0.3, 0.4) is 0 Å². The maximum absolute atomic E-state index is 15.3. The van der Waals surface area contributed by atoms with Crippen LogP contribution in [0.2, 0.25) is 0 Å². The van der Waals surface area contributed by atoms with Crippen LogP contribution in [-0.2, 0) is 11.2 Å². The number of nitrogens with one attached hydrogen (secondary N) is 1. The van der Waals surface area contributed by atoms with Crippen LogP contribution in [0.5, 0.6) is 5.75 Å². The zero-order valence-electron chi connectivity index (χ0n) is 19.7. The average molecular weight is 533 g/mol. The normalized spacial score (nSPS) is 14.6. The summed E-state index contributed by atoms with van der Waals surface area (Å²) in [5.41, 5.74) is 3.53. The summed E-state index contributed by atoms with van der Waals surface area (Å²) in [5, 5.41) is 9.54. The number of ether oxygens (including phenoxy) is 1. The van der Waals surface area contributed by atoms with Gasteiger partial charge in [-0.25, -0.2) is 9.18 Å². The number of thioether (sulfide) groups is 1. The van der Waals surface area contributed by atoms with Crippen molar-refractivity contribution in [2.45, 2.75) is 6.42 Å². The molecular weight excluding hydrogens is 511 g/mol. The van der Waals surface area contributed by atoms with Crippen molar-refractivity contribution in [3.63, 3.8) is 0 Å². The third kappa shape index (κ3) is 4.87. The number of H-pyrrole nitrogens is 1. The first kappa shape index (κ1) is 24.7. The minimum absolute atomic E-state index is 0.200. The second kappa shape index (κ2) is 10.2. The fourth-order valence-corrected chi connectivity index (χ4v) is 5.54. The molecule has 0 aliphatic carbocycles. The van der Waals surface area contributed by atoms with Gasteiger partial charge in [0, 0.05) is 34.8 Å². The molecule has 0 spiro atoms. The Labute approximate surface area is 221 Å². The molecule has 0 saturated carbocycles. The van der Waals surface area contributed by atoms with Crippen molar-refractivity contribution in [2.24, 2.45) is 0 Å². The van der Waals surface area contributed by atoms with Gasteiger partial charge in [-0.1, -0.05) is 42.2 Å². The molecule has 2 heterocycles. The van der Waals surface area contributed by atoms with Gasteiger partial charge in [0.1, 0.15) is 15.9 Å². The van der Waals surface area contributed by atoms with Gasteiger partial charge in [-0.05, 0) is 66.1 Å². The van der Waals surface area contributed by atoms with Gasteiger partial charge in [-0.15, -0.1) is 0 Å². The Morgan fingerprint density at radius 3 is 2.65 bits per heavy atom. The van der Waals surface area contributed by atoms with Crippen molar-refractivity contribution in [3.8, 4) is 16.9 Å². The van der Waals surface area contributed by atoms with Crippen LogP contribution >= 0.6 is 24.0 Å². The molecule has 0 atom stereocenters. The van der Waals surface area contributed by atoms with E-state index in [4.69, 9.17) is 22.1 Å². The lowest BCUT2D eigenvalue weighted by Gasteiger charge is -2.14. The predicted molar refractivity (Wildman–Crippen MR) is 147 cm³/mol. The number of carbonyl (C=O) groups is 2. The quantitative estimate of drug-likeness (QED) is 0.220. The Kier molecular flexibility index (Phi) is 6.82. The Bertz CT molecular complexity index is 1580. The number of aromatic carboxylic acids is 1. The molecule has 1 fully saturated rings. The Hall–Kier alpha value is -3.95. The Morgan fingerprint density at radius 2 is 1.92 bits per heavy atom. The summed E-state index contributed by atoms with van der Waals surface area (Å²) in [5.74, 6) is -1.01. The molecule has 0 unspecified atom stereocenters. The molecule has 1 saturated heterocycles. The van der Waals surface area contributed by atoms with Crippen molar-refractivity contribution in [3.05, 3.63) is 94.3 Å². The van der Waals surface area contributed by atoms with Gasteiger partial charge in [0.15, 0.2) is 0 Å². The number of hydrogen-bond donors (Lipinski definition) is 2. The van der Waals surface area contributed by atoms with Crippen LogP contribution in [0.25, 0.3) is 28.1 Å². The van der Waals surface area contributed by atoms with E-state index in [0.29, 0.717) is 55.5 Å². The van der Waals surface area contributed by atoms with Gasteiger partial charge in [0.05, 0.1) is 17.6 Å². The topological polar surface area (TPSA) is 82.6 Å². The minimum atomic E-state index is -0.983. The van der Waals surface area contributed by atoms with Crippen molar-refractivity contribution < 1.29 is 23.8 Å². The smallest absolute Gasteiger partial charge is 0.335 e. The minimum Gasteiger partial charge on any atom is -0.496 e. The number of carbonyl (C=O) groups excluding carboxylic acids is 1. The van der Waals surface area contributed by atoms with E-state index in [1.807, 2.05) is 12.1 Å². The molecular formula is C28H21FN2O4S2. The number of rotatable bonds is 7. The van der Waals surface area contributed by atoms with Gasteiger partial charge in [-0.2, -0.15) is 0 Å². The molecule has 5 rings (SSSR count). The van der Waals surface area contributed by atoms with Crippen molar-refractivity contribution in [1.29, 1.82) is 0 Å². The molecule has 186 valence electrons. The molecule has 9 heteroatoms. The van der Waals surface area contributed by atoms with E-state index < -0.39 is 5.97 Å². The summed E-state index contributed by atoms with van der Waals surface area (Å²) in [4.78, 5) is 29.2. The van der Waals surface area contributed by atoms with E-state index in [0.717, 1.165) is 5.56 Å².